The predicted molar refractivity (Wildman–Crippen MR) is 69.7 cm³/mol. The number of amides is 1. The first-order valence-corrected chi connectivity index (χ1v) is 6.05. The standard InChI is InChI=1S/C13H20N2O4/c1-9(11(16)17)15(8-10-6-5-7-14-10)12(18)19-13(2,3)4/h5-7,9,14H,8H2,1-4H3,(H,16,17)/t9-/m0/s1. The highest BCUT2D eigenvalue weighted by Crippen LogP contribution is 2.14. The SMILES string of the molecule is C[C@@H](C(=O)O)N(Cc1ccc[nH]1)C(=O)OC(C)(C)C. The summed E-state index contributed by atoms with van der Waals surface area (Å²) in [7, 11) is 0. The van der Waals surface area contributed by atoms with Gasteiger partial charge in [-0.1, -0.05) is 0 Å². The summed E-state index contributed by atoms with van der Waals surface area (Å²) in [5.74, 6) is -1.07. The Morgan fingerprint density at radius 2 is 2.11 bits per heavy atom. The Hall–Kier alpha value is -1.98. The summed E-state index contributed by atoms with van der Waals surface area (Å²) < 4.78 is 5.23. The molecule has 0 aromatic carbocycles. The summed E-state index contributed by atoms with van der Waals surface area (Å²) in [6.45, 7) is 6.83. The van der Waals surface area contributed by atoms with Crippen molar-refractivity contribution < 1.29 is 19.4 Å². The Kier molecular flexibility index (Phi) is 4.58. The van der Waals surface area contributed by atoms with E-state index in [-0.39, 0.29) is 6.54 Å². The van der Waals surface area contributed by atoms with E-state index in [2.05, 4.69) is 4.98 Å². The number of carboxylic acid groups (broad SMARTS) is 1. The largest absolute Gasteiger partial charge is 0.480 e. The van der Waals surface area contributed by atoms with Gasteiger partial charge in [-0.2, -0.15) is 0 Å². The molecule has 0 aliphatic heterocycles. The third-order valence-electron chi connectivity index (χ3n) is 2.46. The molecule has 0 aliphatic rings. The molecule has 6 nitrogen and oxygen atoms in total. The first kappa shape index (κ1) is 15.1. The molecule has 6 heteroatoms. The number of nitrogens with one attached hydrogen (secondary N) is 1. The third kappa shape index (κ3) is 4.65. The molecule has 1 aromatic rings. The predicted octanol–water partition coefficient (Wildman–Crippen LogP) is 2.22. The number of hydrogen-bond acceptors (Lipinski definition) is 3. The van der Waals surface area contributed by atoms with E-state index in [1.165, 1.54) is 11.8 Å². The Morgan fingerprint density at radius 3 is 2.53 bits per heavy atom. The quantitative estimate of drug-likeness (QED) is 0.877. The maximum absolute atomic E-state index is 12.1. The number of ether oxygens (including phenoxy) is 1. The molecule has 1 aromatic heterocycles. The molecule has 1 rings (SSSR count). The molecular weight excluding hydrogens is 248 g/mol. The lowest BCUT2D eigenvalue weighted by Crippen LogP contribution is -2.45. The van der Waals surface area contributed by atoms with Crippen molar-refractivity contribution in [1.29, 1.82) is 0 Å². The van der Waals surface area contributed by atoms with Crippen molar-refractivity contribution in [3.63, 3.8) is 0 Å². The first-order chi connectivity index (χ1) is 8.70. The maximum Gasteiger partial charge on any atom is 0.411 e. The monoisotopic (exact) mass is 268 g/mol. The van der Waals surface area contributed by atoms with Crippen LogP contribution in [0.5, 0.6) is 0 Å². The molecule has 0 radical (unpaired) electrons. The van der Waals surface area contributed by atoms with E-state index in [9.17, 15) is 9.59 Å². The zero-order chi connectivity index (χ0) is 14.6. The van der Waals surface area contributed by atoms with Crippen LogP contribution in [0.2, 0.25) is 0 Å². The minimum absolute atomic E-state index is 0.162. The minimum Gasteiger partial charge on any atom is -0.480 e. The number of aliphatic carboxylic acids is 1. The van der Waals surface area contributed by atoms with Crippen LogP contribution in [-0.4, -0.2) is 38.7 Å². The highest BCUT2D eigenvalue weighted by molar-refractivity contribution is 5.79. The molecule has 1 amide bonds. The van der Waals surface area contributed by atoms with Gasteiger partial charge in [0.05, 0.1) is 6.54 Å². The van der Waals surface area contributed by atoms with Gasteiger partial charge < -0.3 is 14.8 Å². The smallest absolute Gasteiger partial charge is 0.411 e. The fraction of sp³-hybridized carbons (Fsp3) is 0.538. The molecule has 0 aliphatic carbocycles. The summed E-state index contributed by atoms with van der Waals surface area (Å²) in [4.78, 5) is 27.3. The summed E-state index contributed by atoms with van der Waals surface area (Å²) in [6.07, 6.45) is 1.07. The first-order valence-electron chi connectivity index (χ1n) is 6.05. The maximum atomic E-state index is 12.1. The van der Waals surface area contributed by atoms with Crippen LogP contribution in [0.25, 0.3) is 0 Å². The summed E-state index contributed by atoms with van der Waals surface area (Å²) in [5, 5.41) is 9.07. The number of nitrogens with zero attached hydrogens (tertiary/aromatic N) is 1. The minimum atomic E-state index is -1.07. The van der Waals surface area contributed by atoms with Crippen LogP contribution in [-0.2, 0) is 16.1 Å². The number of carboxylic acids is 1. The van der Waals surface area contributed by atoms with Crippen LogP contribution >= 0.6 is 0 Å². The zero-order valence-corrected chi connectivity index (χ0v) is 11.6. The second-order valence-electron chi connectivity index (χ2n) is 5.32. The van der Waals surface area contributed by atoms with Crippen LogP contribution in [0.15, 0.2) is 18.3 Å². The lowest BCUT2D eigenvalue weighted by molar-refractivity contribution is -0.142. The van der Waals surface area contributed by atoms with Crippen LogP contribution in [0.3, 0.4) is 0 Å². The van der Waals surface area contributed by atoms with Crippen molar-refractivity contribution in [3.8, 4) is 0 Å². The van der Waals surface area contributed by atoms with Crippen LogP contribution in [0.1, 0.15) is 33.4 Å². The van der Waals surface area contributed by atoms with Gasteiger partial charge in [-0.3, -0.25) is 4.90 Å². The van der Waals surface area contributed by atoms with E-state index < -0.39 is 23.7 Å². The van der Waals surface area contributed by atoms with Crippen LogP contribution < -0.4 is 0 Å². The van der Waals surface area contributed by atoms with Crippen molar-refractivity contribution in [3.05, 3.63) is 24.0 Å². The number of aromatic nitrogens is 1. The molecule has 2 N–H and O–H groups in total. The van der Waals surface area contributed by atoms with Gasteiger partial charge in [-0.25, -0.2) is 9.59 Å². The number of hydrogen-bond donors (Lipinski definition) is 2. The Morgan fingerprint density at radius 1 is 1.47 bits per heavy atom. The number of aromatic amines is 1. The summed E-state index contributed by atoms with van der Waals surface area (Å²) >= 11 is 0. The van der Waals surface area contributed by atoms with Gasteiger partial charge in [0.1, 0.15) is 11.6 Å². The highest BCUT2D eigenvalue weighted by Gasteiger charge is 2.29. The van der Waals surface area contributed by atoms with E-state index in [0.717, 1.165) is 5.69 Å². The number of H-pyrrole nitrogens is 1. The molecule has 1 heterocycles. The van der Waals surface area contributed by atoms with Crippen LogP contribution in [0, 0.1) is 0 Å². The van der Waals surface area contributed by atoms with Gasteiger partial charge >= 0.3 is 12.1 Å². The lowest BCUT2D eigenvalue weighted by Gasteiger charge is -2.29. The van der Waals surface area contributed by atoms with Crippen molar-refractivity contribution in [2.75, 3.05) is 0 Å². The summed E-state index contributed by atoms with van der Waals surface area (Å²) in [6, 6.07) is 2.61. The van der Waals surface area contributed by atoms with Crippen molar-refractivity contribution in [1.82, 2.24) is 9.88 Å². The Bertz CT molecular complexity index is 434. The van der Waals surface area contributed by atoms with Gasteiger partial charge in [-0.15, -0.1) is 0 Å². The molecule has 0 unspecified atom stereocenters. The van der Waals surface area contributed by atoms with E-state index in [1.807, 2.05) is 0 Å². The van der Waals surface area contributed by atoms with E-state index in [0.29, 0.717) is 0 Å². The zero-order valence-electron chi connectivity index (χ0n) is 11.6. The molecule has 0 fully saturated rings. The highest BCUT2D eigenvalue weighted by atomic mass is 16.6. The molecular formula is C13H20N2O4. The van der Waals surface area contributed by atoms with Gasteiger partial charge in [0, 0.05) is 11.9 Å². The number of carbonyl (C=O) groups excluding carboxylic acids is 1. The van der Waals surface area contributed by atoms with E-state index >= 15 is 0 Å². The topological polar surface area (TPSA) is 82.6 Å². The van der Waals surface area contributed by atoms with Gasteiger partial charge in [-0.05, 0) is 39.8 Å². The fourth-order valence-electron chi connectivity index (χ4n) is 1.46. The van der Waals surface area contributed by atoms with Gasteiger partial charge in [0.15, 0.2) is 0 Å². The molecule has 0 saturated carbocycles. The number of rotatable bonds is 4. The van der Waals surface area contributed by atoms with E-state index in [1.54, 1.807) is 39.1 Å². The van der Waals surface area contributed by atoms with Crippen molar-refractivity contribution in [2.45, 2.75) is 45.9 Å². The van der Waals surface area contributed by atoms with Crippen LogP contribution in [0.4, 0.5) is 4.79 Å². The molecule has 106 valence electrons. The molecule has 19 heavy (non-hydrogen) atoms. The van der Waals surface area contributed by atoms with Gasteiger partial charge in [0.25, 0.3) is 0 Å². The Labute approximate surface area is 112 Å². The Balaban J connectivity index is 2.86. The average molecular weight is 268 g/mol. The van der Waals surface area contributed by atoms with Crippen molar-refractivity contribution in [2.24, 2.45) is 0 Å². The lowest BCUT2D eigenvalue weighted by atomic mass is 10.2. The third-order valence-corrected chi connectivity index (χ3v) is 2.46. The fourth-order valence-corrected chi connectivity index (χ4v) is 1.46. The number of carbonyl (C=O) groups is 2. The second kappa shape index (κ2) is 5.77. The van der Waals surface area contributed by atoms with E-state index in [4.69, 9.17) is 9.84 Å². The normalized spacial score (nSPS) is 12.8. The second-order valence-corrected chi connectivity index (χ2v) is 5.32. The molecule has 0 bridgehead atoms. The summed E-state index contributed by atoms with van der Waals surface area (Å²) in [5.41, 5.74) is 0.0856. The molecule has 1 atom stereocenters. The molecule has 0 spiro atoms. The molecule has 0 saturated heterocycles. The average Bonchev–Trinajstić information content (AvgIpc) is 2.74. The van der Waals surface area contributed by atoms with Crippen molar-refractivity contribution >= 4 is 12.1 Å². The van der Waals surface area contributed by atoms with Gasteiger partial charge in [0.2, 0.25) is 0 Å².